The summed E-state index contributed by atoms with van der Waals surface area (Å²) in [6.45, 7) is 4.06. The molecule has 2 amide bonds. The van der Waals surface area contributed by atoms with Gasteiger partial charge in [-0.25, -0.2) is 0 Å². The van der Waals surface area contributed by atoms with Crippen LogP contribution in [0.25, 0.3) is 0 Å². The molecule has 18 heavy (non-hydrogen) atoms. The summed E-state index contributed by atoms with van der Waals surface area (Å²) in [6, 6.07) is 0. The first kappa shape index (κ1) is 16.7. The molecule has 0 aromatic rings. The Hall–Kier alpha value is -1.27. The lowest BCUT2D eigenvalue weighted by molar-refractivity contribution is -0.127. The number of carbonyl (C=O) groups is 2. The number of nitrogens with one attached hydrogen (secondary N) is 2. The van der Waals surface area contributed by atoms with Gasteiger partial charge in [0.2, 0.25) is 5.91 Å². The molecule has 1 rings (SSSR count). The van der Waals surface area contributed by atoms with Crippen molar-refractivity contribution in [2.24, 2.45) is 0 Å². The summed E-state index contributed by atoms with van der Waals surface area (Å²) in [5.74, 6) is -0.977. The third-order valence-corrected chi connectivity index (χ3v) is 2.39. The van der Waals surface area contributed by atoms with Crippen LogP contribution in [0, 0.1) is 5.41 Å². The molecule has 0 saturated carbocycles. The van der Waals surface area contributed by atoms with Gasteiger partial charge in [-0.1, -0.05) is 6.92 Å². The number of hydrogen-bond acceptors (Lipinski definition) is 5. The van der Waals surface area contributed by atoms with E-state index in [4.69, 9.17) is 15.3 Å². The number of rotatable bonds is 4. The number of aliphatic hydroxyl groups excluding tert-OH is 1. The van der Waals surface area contributed by atoms with Crippen molar-refractivity contribution in [3.8, 4) is 0 Å². The van der Waals surface area contributed by atoms with Gasteiger partial charge in [-0.2, -0.15) is 0 Å². The molecule has 0 aromatic carbocycles. The molecule has 1 aliphatic rings. The van der Waals surface area contributed by atoms with Gasteiger partial charge in [-0.3, -0.25) is 14.9 Å². The molecular weight excluding hydrogens is 236 g/mol. The van der Waals surface area contributed by atoms with Crippen molar-refractivity contribution in [1.29, 1.82) is 5.41 Å². The monoisotopic (exact) mass is 258 g/mol. The first-order chi connectivity index (χ1) is 8.53. The van der Waals surface area contributed by atoms with Crippen LogP contribution < -0.4 is 5.32 Å². The van der Waals surface area contributed by atoms with Crippen molar-refractivity contribution in [3.05, 3.63) is 0 Å². The Morgan fingerprint density at radius 2 is 2.17 bits per heavy atom. The highest BCUT2D eigenvalue weighted by molar-refractivity contribution is 6.28. The van der Waals surface area contributed by atoms with E-state index in [-0.39, 0.29) is 18.6 Å². The number of imide groups is 1. The second kappa shape index (κ2) is 9.73. The molecule has 2 unspecified atom stereocenters. The van der Waals surface area contributed by atoms with Gasteiger partial charge in [-0.05, 0) is 26.2 Å². The molecule has 6 heteroatoms. The predicted octanol–water partition coefficient (Wildman–Crippen LogP) is 0.625. The van der Waals surface area contributed by atoms with Gasteiger partial charge in [0.25, 0.3) is 5.91 Å². The number of hydrogen-bond donors (Lipinski definition) is 3. The van der Waals surface area contributed by atoms with Crippen molar-refractivity contribution in [2.75, 3.05) is 6.61 Å². The normalized spacial score (nSPS) is 21.7. The van der Waals surface area contributed by atoms with E-state index in [0.29, 0.717) is 25.2 Å². The maximum absolute atomic E-state index is 10.6. The Morgan fingerprint density at radius 1 is 1.50 bits per heavy atom. The number of aliphatic hydroxyl groups is 1. The van der Waals surface area contributed by atoms with Gasteiger partial charge >= 0.3 is 0 Å². The second-order valence-electron chi connectivity index (χ2n) is 4.14. The summed E-state index contributed by atoms with van der Waals surface area (Å²) < 4.78 is 5.26. The molecule has 1 aliphatic heterocycles. The Labute approximate surface area is 107 Å². The lowest BCUT2D eigenvalue weighted by Crippen LogP contribution is -2.30. The number of ether oxygens (including phenoxy) is 1. The van der Waals surface area contributed by atoms with Crippen molar-refractivity contribution in [2.45, 2.75) is 51.7 Å². The van der Waals surface area contributed by atoms with Crippen LogP contribution in [-0.2, 0) is 14.3 Å². The van der Waals surface area contributed by atoms with E-state index in [9.17, 15) is 9.59 Å². The summed E-state index contributed by atoms with van der Waals surface area (Å²) in [5, 5.41) is 17.0. The lowest BCUT2D eigenvalue weighted by atomic mass is 10.2. The maximum Gasteiger partial charge on any atom is 0.268 e. The summed E-state index contributed by atoms with van der Waals surface area (Å²) in [7, 11) is 0. The van der Waals surface area contributed by atoms with E-state index < -0.39 is 5.91 Å². The van der Waals surface area contributed by atoms with Gasteiger partial charge in [0.05, 0.1) is 25.0 Å². The first-order valence-electron chi connectivity index (χ1n) is 6.14. The van der Waals surface area contributed by atoms with E-state index in [1.807, 2.05) is 19.2 Å². The van der Waals surface area contributed by atoms with Crippen molar-refractivity contribution in [3.63, 3.8) is 0 Å². The average Bonchev–Trinajstić information content (AvgIpc) is 2.76. The minimum atomic E-state index is -0.654. The molecular formula is C12H22N2O4. The minimum absolute atomic E-state index is 0.130. The van der Waals surface area contributed by atoms with E-state index in [0.717, 1.165) is 12.8 Å². The molecule has 6 nitrogen and oxygen atoms in total. The molecule has 0 radical (unpaired) electrons. The Bertz CT molecular complexity index is 281. The second-order valence-corrected chi connectivity index (χ2v) is 4.14. The summed E-state index contributed by atoms with van der Waals surface area (Å²) >= 11 is 0. The molecule has 3 N–H and O–H groups in total. The van der Waals surface area contributed by atoms with Crippen LogP contribution in [0.2, 0.25) is 0 Å². The topological polar surface area (TPSA) is 99.5 Å². The predicted molar refractivity (Wildman–Crippen MR) is 67.5 cm³/mol. The summed E-state index contributed by atoms with van der Waals surface area (Å²) in [6.07, 6.45) is 4.24. The minimum Gasteiger partial charge on any atom is -0.394 e. The van der Waals surface area contributed by atoms with Crippen LogP contribution in [0.4, 0.5) is 0 Å². The molecule has 2 atom stereocenters. The van der Waals surface area contributed by atoms with Crippen molar-refractivity contribution >= 4 is 18.0 Å². The van der Waals surface area contributed by atoms with Crippen LogP contribution in [-0.4, -0.2) is 42.0 Å². The maximum atomic E-state index is 10.6. The van der Waals surface area contributed by atoms with Crippen LogP contribution in [0.1, 0.15) is 39.5 Å². The summed E-state index contributed by atoms with van der Waals surface area (Å²) in [4.78, 5) is 20.9. The van der Waals surface area contributed by atoms with Gasteiger partial charge in [0.1, 0.15) is 0 Å². The fraction of sp³-hybridized carbons (Fsp3) is 0.750. The van der Waals surface area contributed by atoms with E-state index in [2.05, 4.69) is 0 Å². The highest BCUT2D eigenvalue weighted by Gasteiger charge is 2.19. The highest BCUT2D eigenvalue weighted by Crippen LogP contribution is 2.17. The molecule has 0 bridgehead atoms. The first-order valence-corrected chi connectivity index (χ1v) is 6.14. The van der Waals surface area contributed by atoms with Crippen molar-refractivity contribution in [1.82, 2.24) is 5.32 Å². The SMILES string of the molecule is CC1CCC(CO)O1.CCCC(=O)NC(=O)C=N. The highest BCUT2D eigenvalue weighted by atomic mass is 16.5. The van der Waals surface area contributed by atoms with E-state index >= 15 is 0 Å². The third kappa shape index (κ3) is 7.92. The van der Waals surface area contributed by atoms with Crippen LogP contribution in [0.15, 0.2) is 0 Å². The van der Waals surface area contributed by atoms with Gasteiger partial charge < -0.3 is 15.3 Å². The number of carbonyl (C=O) groups excluding carboxylic acids is 2. The molecule has 1 heterocycles. The Kier molecular flexibility index (Phi) is 9.04. The van der Waals surface area contributed by atoms with Crippen LogP contribution in [0.5, 0.6) is 0 Å². The molecule has 0 aliphatic carbocycles. The molecule has 0 spiro atoms. The average molecular weight is 258 g/mol. The van der Waals surface area contributed by atoms with E-state index in [1.54, 1.807) is 0 Å². The largest absolute Gasteiger partial charge is 0.394 e. The Balaban J connectivity index is 0.000000327. The fourth-order valence-corrected chi connectivity index (χ4v) is 1.48. The van der Waals surface area contributed by atoms with E-state index in [1.165, 1.54) is 0 Å². The van der Waals surface area contributed by atoms with Gasteiger partial charge in [0.15, 0.2) is 0 Å². The smallest absolute Gasteiger partial charge is 0.268 e. The standard InChI is InChI=1S/C6H10N2O2.C6H12O2/c1-2-3-5(9)8-6(10)4-7;1-5-2-3-6(4-7)8-5/h4,7H,2-3H2,1H3,(H,8,9,10);5-7H,2-4H2,1H3. The zero-order valence-electron chi connectivity index (χ0n) is 10.9. The van der Waals surface area contributed by atoms with Gasteiger partial charge in [-0.15, -0.1) is 0 Å². The Morgan fingerprint density at radius 3 is 2.50 bits per heavy atom. The van der Waals surface area contributed by atoms with Crippen LogP contribution >= 0.6 is 0 Å². The zero-order chi connectivity index (χ0) is 14.0. The summed E-state index contributed by atoms with van der Waals surface area (Å²) in [5.41, 5.74) is 0. The third-order valence-electron chi connectivity index (χ3n) is 2.39. The molecule has 1 saturated heterocycles. The number of amides is 2. The molecule has 104 valence electrons. The lowest BCUT2D eigenvalue weighted by Gasteiger charge is -2.05. The molecule has 1 fully saturated rings. The van der Waals surface area contributed by atoms with Crippen LogP contribution in [0.3, 0.4) is 0 Å². The zero-order valence-corrected chi connectivity index (χ0v) is 10.9. The van der Waals surface area contributed by atoms with Gasteiger partial charge in [0, 0.05) is 6.42 Å². The quantitative estimate of drug-likeness (QED) is 0.644. The van der Waals surface area contributed by atoms with Crippen molar-refractivity contribution < 1.29 is 19.4 Å². The molecule has 0 aromatic heterocycles. The fourth-order valence-electron chi connectivity index (χ4n) is 1.48.